The van der Waals surface area contributed by atoms with E-state index in [1.165, 1.54) is 16.3 Å². The molecule has 0 saturated carbocycles. The number of nitrogens with one attached hydrogen (secondary N) is 1. The molecule has 0 amide bonds. The van der Waals surface area contributed by atoms with Gasteiger partial charge in [0.05, 0.1) is 5.75 Å². The average Bonchev–Trinajstić information content (AvgIpc) is 2.56. The number of benzene rings is 1. The summed E-state index contributed by atoms with van der Waals surface area (Å²) in [6.07, 6.45) is 0. The molecule has 2 rings (SSSR count). The fourth-order valence-electron chi connectivity index (χ4n) is 2.57. The third-order valence-corrected chi connectivity index (χ3v) is 5.40. The Balaban J connectivity index is 2.23. The third-order valence-electron chi connectivity index (χ3n) is 3.87. The van der Waals surface area contributed by atoms with E-state index in [9.17, 15) is 14.4 Å². The first-order chi connectivity index (χ1) is 12.2. The molecule has 1 atom stereocenters. The minimum Gasteiger partial charge on any atom is -0.384 e. The lowest BCUT2D eigenvalue weighted by Crippen LogP contribution is -2.37. The van der Waals surface area contributed by atoms with Crippen LogP contribution in [0.25, 0.3) is 0 Å². The van der Waals surface area contributed by atoms with Gasteiger partial charge in [-0.3, -0.25) is 19.1 Å². The van der Waals surface area contributed by atoms with Crippen LogP contribution < -0.4 is 17.0 Å². The van der Waals surface area contributed by atoms with Gasteiger partial charge in [0.25, 0.3) is 5.56 Å². The Morgan fingerprint density at radius 1 is 1.27 bits per heavy atom. The van der Waals surface area contributed by atoms with Crippen LogP contribution in [0.1, 0.15) is 41.9 Å². The minimum absolute atomic E-state index is 0.0328. The Hall–Kier alpha value is -1.99. The number of H-pyrrole nitrogens is 1. The molecule has 0 aliphatic heterocycles. The molecule has 0 radical (unpaired) electrons. The van der Waals surface area contributed by atoms with E-state index < -0.39 is 17.0 Å². The molecule has 26 heavy (non-hydrogen) atoms. The second-order valence-corrected chi connectivity index (χ2v) is 8.16. The van der Waals surface area contributed by atoms with Gasteiger partial charge in [-0.2, -0.15) is 0 Å². The van der Waals surface area contributed by atoms with Crippen molar-refractivity contribution in [1.82, 2.24) is 9.55 Å². The number of Topliss-reactive ketones (excluding diaryl/α,β-unsaturated/α-hetero) is 1. The number of carbonyl (C=O) groups excluding carboxylic acids is 1. The molecule has 2 aromatic rings. The summed E-state index contributed by atoms with van der Waals surface area (Å²) in [5.74, 6) is -0.299. The molecule has 1 aromatic carbocycles. The van der Waals surface area contributed by atoms with Crippen molar-refractivity contribution >= 4 is 35.0 Å². The van der Waals surface area contributed by atoms with Gasteiger partial charge < -0.3 is 5.73 Å². The van der Waals surface area contributed by atoms with Crippen molar-refractivity contribution in [2.24, 2.45) is 5.92 Å². The van der Waals surface area contributed by atoms with Crippen molar-refractivity contribution in [3.05, 3.63) is 61.3 Å². The SMILES string of the molecule is CC(C)Cn1c(N)c(C(=O)CSC(C)c2ccccc2Cl)c(=O)[nH]c1=O. The Labute approximate surface area is 160 Å². The first kappa shape index (κ1) is 20.3. The lowest BCUT2D eigenvalue weighted by Gasteiger charge is -2.15. The molecule has 0 aliphatic rings. The van der Waals surface area contributed by atoms with Gasteiger partial charge in [-0.05, 0) is 24.5 Å². The maximum absolute atomic E-state index is 12.6. The number of carbonyl (C=O) groups is 1. The highest BCUT2D eigenvalue weighted by Gasteiger charge is 2.21. The maximum atomic E-state index is 12.6. The normalized spacial score (nSPS) is 12.3. The molecular weight excluding hydrogens is 374 g/mol. The van der Waals surface area contributed by atoms with Gasteiger partial charge in [-0.15, -0.1) is 11.8 Å². The van der Waals surface area contributed by atoms with Crippen molar-refractivity contribution in [1.29, 1.82) is 0 Å². The van der Waals surface area contributed by atoms with Crippen LogP contribution in [0.5, 0.6) is 0 Å². The Morgan fingerprint density at radius 3 is 2.54 bits per heavy atom. The van der Waals surface area contributed by atoms with Gasteiger partial charge in [0, 0.05) is 16.8 Å². The highest BCUT2D eigenvalue weighted by Crippen LogP contribution is 2.33. The molecule has 1 aromatic heterocycles. The molecule has 0 saturated heterocycles. The fourth-order valence-corrected chi connectivity index (χ4v) is 3.87. The van der Waals surface area contributed by atoms with Crippen molar-refractivity contribution in [2.75, 3.05) is 11.5 Å². The minimum atomic E-state index is -0.747. The molecule has 0 fully saturated rings. The topological polar surface area (TPSA) is 97.9 Å². The summed E-state index contributed by atoms with van der Waals surface area (Å²) in [5, 5.41) is 0.595. The van der Waals surface area contributed by atoms with E-state index >= 15 is 0 Å². The molecule has 140 valence electrons. The van der Waals surface area contributed by atoms with Gasteiger partial charge in [0.15, 0.2) is 5.78 Å². The van der Waals surface area contributed by atoms with Crippen LogP contribution in [0.15, 0.2) is 33.9 Å². The third kappa shape index (κ3) is 4.59. The highest BCUT2D eigenvalue weighted by molar-refractivity contribution is 8.00. The zero-order chi connectivity index (χ0) is 19.4. The molecule has 0 aliphatic carbocycles. The van der Waals surface area contributed by atoms with E-state index in [4.69, 9.17) is 17.3 Å². The summed E-state index contributed by atoms with van der Waals surface area (Å²) in [6, 6.07) is 7.41. The van der Waals surface area contributed by atoms with Crippen LogP contribution in [-0.2, 0) is 6.54 Å². The summed E-state index contributed by atoms with van der Waals surface area (Å²) in [6.45, 7) is 6.09. The molecular formula is C18H22ClN3O3S. The van der Waals surface area contributed by atoms with Crippen LogP contribution >= 0.6 is 23.4 Å². The summed E-state index contributed by atoms with van der Waals surface area (Å²) in [5.41, 5.74) is 5.37. The number of thioether (sulfide) groups is 1. The summed E-state index contributed by atoms with van der Waals surface area (Å²) in [7, 11) is 0. The zero-order valence-electron chi connectivity index (χ0n) is 14.9. The molecule has 8 heteroatoms. The van der Waals surface area contributed by atoms with Gasteiger partial charge in [-0.25, -0.2) is 4.79 Å². The van der Waals surface area contributed by atoms with Gasteiger partial charge in [-0.1, -0.05) is 43.6 Å². The number of aromatic nitrogens is 2. The number of anilines is 1. The van der Waals surface area contributed by atoms with Gasteiger partial charge in [0.1, 0.15) is 11.4 Å². The first-order valence-corrected chi connectivity index (χ1v) is 9.66. The van der Waals surface area contributed by atoms with E-state index in [1.807, 2.05) is 39.0 Å². The number of nitrogen functional groups attached to an aromatic ring is 1. The number of hydrogen-bond acceptors (Lipinski definition) is 5. The van der Waals surface area contributed by atoms with Crippen LogP contribution in [0.3, 0.4) is 0 Å². The lowest BCUT2D eigenvalue weighted by molar-refractivity contribution is 0.102. The van der Waals surface area contributed by atoms with E-state index in [-0.39, 0.29) is 28.3 Å². The highest BCUT2D eigenvalue weighted by atomic mass is 35.5. The smallest absolute Gasteiger partial charge is 0.329 e. The van der Waals surface area contributed by atoms with Gasteiger partial charge >= 0.3 is 5.69 Å². The number of nitrogens with two attached hydrogens (primary N) is 1. The number of hydrogen-bond donors (Lipinski definition) is 2. The number of aromatic amines is 1. The van der Waals surface area contributed by atoms with E-state index in [0.717, 1.165) is 5.56 Å². The van der Waals surface area contributed by atoms with Crippen molar-refractivity contribution < 1.29 is 4.79 Å². The summed E-state index contributed by atoms with van der Waals surface area (Å²) >= 11 is 7.54. The number of halogens is 1. The second kappa shape index (κ2) is 8.60. The fraction of sp³-hybridized carbons (Fsp3) is 0.389. The molecule has 6 nitrogen and oxygen atoms in total. The first-order valence-electron chi connectivity index (χ1n) is 8.24. The Kier molecular flexibility index (Phi) is 6.72. The summed E-state index contributed by atoms with van der Waals surface area (Å²) < 4.78 is 1.24. The van der Waals surface area contributed by atoms with Crippen LogP contribution in [-0.4, -0.2) is 21.1 Å². The second-order valence-electron chi connectivity index (χ2n) is 6.42. The number of ketones is 1. The monoisotopic (exact) mass is 395 g/mol. The van der Waals surface area contributed by atoms with Crippen molar-refractivity contribution in [2.45, 2.75) is 32.6 Å². The molecule has 1 unspecified atom stereocenters. The van der Waals surface area contributed by atoms with Crippen molar-refractivity contribution in [3.8, 4) is 0 Å². The largest absolute Gasteiger partial charge is 0.384 e. The van der Waals surface area contributed by atoms with Crippen molar-refractivity contribution in [3.63, 3.8) is 0 Å². The molecule has 0 spiro atoms. The number of nitrogens with zero attached hydrogens (tertiary/aromatic N) is 1. The van der Waals surface area contributed by atoms with Crippen LogP contribution in [0, 0.1) is 5.92 Å². The Morgan fingerprint density at radius 2 is 1.92 bits per heavy atom. The number of rotatable bonds is 7. The standard InChI is InChI=1S/C18H22ClN3O3S/c1-10(2)8-22-16(20)15(17(24)21-18(22)25)14(23)9-26-11(3)12-6-4-5-7-13(12)19/h4-7,10-11H,8-9,20H2,1-3H3,(H,21,24,25). The molecule has 3 N–H and O–H groups in total. The lowest BCUT2D eigenvalue weighted by atomic mass is 10.2. The van der Waals surface area contributed by atoms with Gasteiger partial charge in [0.2, 0.25) is 0 Å². The van der Waals surface area contributed by atoms with E-state index in [0.29, 0.717) is 11.6 Å². The molecule has 0 bridgehead atoms. The van der Waals surface area contributed by atoms with Crippen LogP contribution in [0.2, 0.25) is 5.02 Å². The average molecular weight is 396 g/mol. The Bertz CT molecular complexity index is 921. The zero-order valence-corrected chi connectivity index (χ0v) is 16.5. The summed E-state index contributed by atoms with van der Waals surface area (Å²) in [4.78, 5) is 38.8. The quantitative estimate of drug-likeness (QED) is 0.702. The predicted octanol–water partition coefficient (Wildman–Crippen LogP) is 3.11. The maximum Gasteiger partial charge on any atom is 0.329 e. The van der Waals surface area contributed by atoms with E-state index in [1.54, 1.807) is 6.07 Å². The molecule has 1 heterocycles. The predicted molar refractivity (Wildman–Crippen MR) is 107 cm³/mol. The van der Waals surface area contributed by atoms with E-state index in [2.05, 4.69) is 4.98 Å². The van der Waals surface area contributed by atoms with Crippen LogP contribution in [0.4, 0.5) is 5.82 Å².